The maximum Gasteiger partial charge on any atom is 0.464 e. The molecule has 1 aliphatic carbocycles. The number of hydrogen-bond donors (Lipinski definition) is 0. The second-order valence-corrected chi connectivity index (χ2v) is 8.49. The maximum atomic E-state index is 14.1. The summed E-state index contributed by atoms with van der Waals surface area (Å²) in [5, 5.41) is 0. The van der Waals surface area contributed by atoms with E-state index in [0.717, 1.165) is 6.42 Å². The molecule has 0 saturated heterocycles. The standard InChI is InChI=1S/C19H29F5O5S/c1-13(27-16(2,3)4)18(19(22,23)24,26-12-11-17(20,21)29-30-5)28-15(25)14-9-7-6-8-10-14/h14H,1,6-12H2,2-5H3. The molecule has 30 heavy (non-hydrogen) atoms. The van der Waals surface area contributed by atoms with E-state index in [4.69, 9.17) is 14.2 Å². The second kappa shape index (κ2) is 10.5. The summed E-state index contributed by atoms with van der Waals surface area (Å²) in [6, 6.07) is 0. The third kappa shape index (κ3) is 7.88. The molecule has 1 fully saturated rings. The van der Waals surface area contributed by atoms with Crippen molar-refractivity contribution in [2.75, 3.05) is 12.9 Å². The average molecular weight is 464 g/mol. The van der Waals surface area contributed by atoms with Gasteiger partial charge in [-0.2, -0.15) is 22.0 Å². The Morgan fingerprint density at radius 2 is 1.60 bits per heavy atom. The minimum atomic E-state index is -5.32. The molecule has 0 aromatic rings. The molecule has 0 aliphatic heterocycles. The van der Waals surface area contributed by atoms with Gasteiger partial charge in [-0.15, -0.1) is 0 Å². The second-order valence-electron chi connectivity index (χ2n) is 7.99. The highest BCUT2D eigenvalue weighted by Crippen LogP contribution is 2.43. The van der Waals surface area contributed by atoms with E-state index >= 15 is 0 Å². The molecule has 5 nitrogen and oxygen atoms in total. The van der Waals surface area contributed by atoms with Gasteiger partial charge >= 0.3 is 24.0 Å². The molecule has 0 N–H and O–H groups in total. The number of rotatable bonds is 10. The van der Waals surface area contributed by atoms with Crippen molar-refractivity contribution in [1.29, 1.82) is 0 Å². The Bertz CT molecular complexity index is 585. The third-order valence-electron chi connectivity index (χ3n) is 4.26. The van der Waals surface area contributed by atoms with Crippen molar-refractivity contribution < 1.29 is 45.1 Å². The quantitative estimate of drug-likeness (QED) is 0.130. The Hall–Kier alpha value is -1.07. The first-order valence-electron chi connectivity index (χ1n) is 9.55. The van der Waals surface area contributed by atoms with Gasteiger partial charge in [0.05, 0.1) is 18.9 Å². The molecule has 0 aromatic carbocycles. The normalized spacial score (nSPS) is 18.6. The molecule has 1 saturated carbocycles. The molecular formula is C19H29F5O5S. The van der Waals surface area contributed by atoms with Crippen LogP contribution in [0.3, 0.4) is 0 Å². The SMILES string of the molecule is C=C(OC(C)(C)C)C(OCCC(F)(F)OSC)(OC(=O)C1CCCCC1)C(F)(F)F. The summed E-state index contributed by atoms with van der Waals surface area (Å²) < 4.78 is 88.4. The van der Waals surface area contributed by atoms with Crippen LogP contribution in [-0.2, 0) is 23.2 Å². The van der Waals surface area contributed by atoms with Gasteiger partial charge in [-0.3, -0.25) is 4.79 Å². The summed E-state index contributed by atoms with van der Waals surface area (Å²) >= 11 is 0.360. The summed E-state index contributed by atoms with van der Waals surface area (Å²) in [4.78, 5) is 12.5. The van der Waals surface area contributed by atoms with Crippen LogP contribution in [0.4, 0.5) is 22.0 Å². The molecule has 1 atom stereocenters. The van der Waals surface area contributed by atoms with E-state index in [1.54, 1.807) is 0 Å². The van der Waals surface area contributed by atoms with Crippen LogP contribution in [0.5, 0.6) is 0 Å². The van der Waals surface area contributed by atoms with Crippen LogP contribution in [0.25, 0.3) is 0 Å². The molecule has 0 amide bonds. The smallest absolute Gasteiger partial charge is 0.464 e. The lowest BCUT2D eigenvalue weighted by atomic mass is 9.89. The predicted octanol–water partition coefficient (Wildman–Crippen LogP) is 5.99. The number of esters is 1. The molecule has 11 heteroatoms. The highest BCUT2D eigenvalue weighted by Gasteiger charge is 2.65. The van der Waals surface area contributed by atoms with E-state index in [0.29, 0.717) is 37.7 Å². The van der Waals surface area contributed by atoms with Crippen LogP contribution in [0, 0.1) is 5.92 Å². The minimum absolute atomic E-state index is 0.360. The fourth-order valence-electron chi connectivity index (χ4n) is 2.94. The number of ether oxygens (including phenoxy) is 3. The van der Waals surface area contributed by atoms with Crippen LogP contribution < -0.4 is 0 Å². The lowest BCUT2D eigenvalue weighted by Crippen LogP contribution is -2.55. The largest absolute Gasteiger partial charge is 0.486 e. The van der Waals surface area contributed by atoms with Gasteiger partial charge in [0.15, 0.2) is 5.76 Å². The summed E-state index contributed by atoms with van der Waals surface area (Å²) in [6.07, 6.45) is -6.05. The molecule has 0 heterocycles. The van der Waals surface area contributed by atoms with Gasteiger partial charge in [-0.1, -0.05) is 25.8 Å². The highest BCUT2D eigenvalue weighted by atomic mass is 32.2. The van der Waals surface area contributed by atoms with Crippen molar-refractivity contribution in [1.82, 2.24) is 0 Å². The first kappa shape index (κ1) is 27.0. The Labute approximate surface area is 177 Å². The van der Waals surface area contributed by atoms with E-state index in [-0.39, 0.29) is 0 Å². The maximum absolute atomic E-state index is 14.1. The van der Waals surface area contributed by atoms with Crippen LogP contribution in [-0.4, -0.2) is 42.5 Å². The van der Waals surface area contributed by atoms with Crippen molar-refractivity contribution in [2.24, 2.45) is 5.92 Å². The summed E-state index contributed by atoms with van der Waals surface area (Å²) in [5.74, 6) is -6.63. The number of carbonyl (C=O) groups excluding carboxylic acids is 1. The molecule has 1 rings (SSSR count). The van der Waals surface area contributed by atoms with Crippen molar-refractivity contribution in [3.8, 4) is 0 Å². The Kier molecular flexibility index (Phi) is 9.43. The minimum Gasteiger partial charge on any atom is -0.486 e. The van der Waals surface area contributed by atoms with Gasteiger partial charge in [0.2, 0.25) is 0 Å². The molecule has 0 aromatic heterocycles. The van der Waals surface area contributed by atoms with Crippen molar-refractivity contribution >= 4 is 18.0 Å². The van der Waals surface area contributed by atoms with E-state index in [1.165, 1.54) is 27.0 Å². The lowest BCUT2D eigenvalue weighted by molar-refractivity contribution is -0.367. The summed E-state index contributed by atoms with van der Waals surface area (Å²) in [7, 11) is 0. The van der Waals surface area contributed by atoms with E-state index in [1.807, 2.05) is 0 Å². The zero-order valence-corrected chi connectivity index (χ0v) is 18.4. The van der Waals surface area contributed by atoms with E-state index in [9.17, 15) is 26.7 Å². The average Bonchev–Trinajstić information content (AvgIpc) is 2.58. The highest BCUT2D eigenvalue weighted by molar-refractivity contribution is 7.93. The Balaban J connectivity index is 3.17. The van der Waals surface area contributed by atoms with Gasteiger partial charge < -0.3 is 14.2 Å². The van der Waals surface area contributed by atoms with Gasteiger partial charge in [0.25, 0.3) is 0 Å². The third-order valence-corrected chi connectivity index (χ3v) is 4.67. The zero-order valence-electron chi connectivity index (χ0n) is 17.6. The first-order chi connectivity index (χ1) is 13.6. The number of hydrogen-bond acceptors (Lipinski definition) is 6. The Morgan fingerprint density at radius 3 is 2.07 bits per heavy atom. The van der Waals surface area contributed by atoms with Crippen LogP contribution in [0.15, 0.2) is 12.3 Å². The van der Waals surface area contributed by atoms with E-state index < -0.39 is 54.3 Å². The van der Waals surface area contributed by atoms with Crippen LogP contribution in [0.1, 0.15) is 59.3 Å². The van der Waals surface area contributed by atoms with Gasteiger partial charge in [-0.25, -0.2) is 4.18 Å². The molecule has 0 spiro atoms. The monoisotopic (exact) mass is 464 g/mol. The van der Waals surface area contributed by atoms with Crippen LogP contribution in [0.2, 0.25) is 0 Å². The van der Waals surface area contributed by atoms with Crippen LogP contribution >= 0.6 is 12.0 Å². The van der Waals surface area contributed by atoms with Crippen molar-refractivity contribution in [3.63, 3.8) is 0 Å². The Morgan fingerprint density at radius 1 is 1.03 bits per heavy atom. The molecular weight excluding hydrogens is 435 g/mol. The molecule has 1 aliphatic rings. The number of halogens is 5. The van der Waals surface area contributed by atoms with Gasteiger partial charge in [0, 0.05) is 6.26 Å². The molecule has 1 unspecified atom stereocenters. The van der Waals surface area contributed by atoms with Crippen molar-refractivity contribution in [2.45, 2.75) is 83.0 Å². The summed E-state index contributed by atoms with van der Waals surface area (Å²) in [6.45, 7) is 6.52. The predicted molar refractivity (Wildman–Crippen MR) is 102 cm³/mol. The van der Waals surface area contributed by atoms with Crippen molar-refractivity contribution in [3.05, 3.63) is 12.3 Å². The topological polar surface area (TPSA) is 54.0 Å². The first-order valence-corrected chi connectivity index (χ1v) is 10.7. The fourth-order valence-corrected chi connectivity index (χ4v) is 3.27. The van der Waals surface area contributed by atoms with Gasteiger partial charge in [-0.05, 0) is 45.7 Å². The molecule has 176 valence electrons. The number of carbonyl (C=O) groups is 1. The fraction of sp³-hybridized carbons (Fsp3) is 0.842. The van der Waals surface area contributed by atoms with Gasteiger partial charge in [0.1, 0.15) is 5.60 Å². The van der Waals surface area contributed by atoms with E-state index in [2.05, 4.69) is 10.8 Å². The summed E-state index contributed by atoms with van der Waals surface area (Å²) in [5.41, 5.74) is -1.14. The molecule has 0 radical (unpaired) electrons. The zero-order chi connectivity index (χ0) is 23.2. The molecule has 0 bridgehead atoms. The lowest BCUT2D eigenvalue weighted by Gasteiger charge is -2.39. The number of alkyl halides is 5.